The van der Waals surface area contributed by atoms with Gasteiger partial charge in [0.25, 0.3) is 0 Å². The first kappa shape index (κ1) is 24.6. The van der Waals surface area contributed by atoms with Gasteiger partial charge in [-0.05, 0) is 24.8 Å². The third kappa shape index (κ3) is 13.7. The summed E-state index contributed by atoms with van der Waals surface area (Å²) in [6.45, 7) is 6.79. The third-order valence-corrected chi connectivity index (χ3v) is 5.40. The van der Waals surface area contributed by atoms with E-state index in [1.165, 1.54) is 95.6 Å². The molecule has 0 unspecified atom stereocenters. The summed E-state index contributed by atoms with van der Waals surface area (Å²) in [6.07, 6.45) is 22.4. The fourth-order valence-electron chi connectivity index (χ4n) is 3.56. The molecule has 0 amide bonds. The minimum Gasteiger partial charge on any atom is -0.362 e. The maximum absolute atomic E-state index is 2.34. The van der Waals surface area contributed by atoms with E-state index in [0.717, 1.165) is 6.67 Å². The van der Waals surface area contributed by atoms with E-state index in [2.05, 4.69) is 73.4 Å². The first-order valence-corrected chi connectivity index (χ1v) is 11.9. The Kier molecular flexibility index (Phi) is 15.5. The van der Waals surface area contributed by atoms with Crippen LogP contribution in [-0.4, -0.2) is 30.1 Å². The third-order valence-electron chi connectivity index (χ3n) is 5.40. The molecule has 0 atom stereocenters. The Morgan fingerprint density at radius 3 is 1.79 bits per heavy atom. The van der Waals surface area contributed by atoms with Crippen LogP contribution < -0.4 is 0 Å². The molecule has 0 radical (unpaired) electrons. The van der Waals surface area contributed by atoms with Crippen molar-refractivity contribution in [2.75, 3.05) is 20.3 Å². The van der Waals surface area contributed by atoms with Crippen LogP contribution >= 0.6 is 0 Å². The number of nitrogens with zero attached hydrogens (tertiary/aromatic N) is 2. The van der Waals surface area contributed by atoms with Crippen LogP contribution in [0.1, 0.15) is 96.5 Å². The molecule has 0 spiro atoms. The van der Waals surface area contributed by atoms with Crippen molar-refractivity contribution < 1.29 is 0 Å². The van der Waals surface area contributed by atoms with E-state index >= 15 is 0 Å². The van der Waals surface area contributed by atoms with Gasteiger partial charge in [0.1, 0.15) is 0 Å². The highest BCUT2D eigenvalue weighted by Gasteiger charge is 2.05. The van der Waals surface area contributed by atoms with Crippen LogP contribution in [0.25, 0.3) is 0 Å². The molecule has 0 N–H and O–H groups in total. The summed E-state index contributed by atoms with van der Waals surface area (Å²) < 4.78 is 0. The first-order chi connectivity index (χ1) is 13.8. The standard InChI is InChI=1S/C18H30.C8H16N2/c1-2-3-4-5-6-7-8-9-10-12-15-18-16-13-11-14-17-18;1-3-4-5-10-7-6-9(2)8-10/h11,13-14,16-17H,2-10,12,15H2,1H3;6-7H,3-5,8H2,1-2H3. The lowest BCUT2D eigenvalue weighted by Gasteiger charge is -2.17. The minimum absolute atomic E-state index is 1.07. The van der Waals surface area contributed by atoms with Crippen molar-refractivity contribution in [2.45, 2.75) is 97.3 Å². The van der Waals surface area contributed by atoms with Crippen LogP contribution in [-0.2, 0) is 6.42 Å². The molecular formula is C26H46N2. The summed E-state index contributed by atoms with van der Waals surface area (Å²) in [5.41, 5.74) is 1.50. The number of hydrogen-bond donors (Lipinski definition) is 0. The van der Waals surface area contributed by atoms with Crippen LogP contribution in [0, 0.1) is 0 Å². The van der Waals surface area contributed by atoms with Crippen molar-refractivity contribution >= 4 is 0 Å². The molecular weight excluding hydrogens is 340 g/mol. The normalized spacial score (nSPS) is 13.0. The van der Waals surface area contributed by atoms with Crippen molar-refractivity contribution in [2.24, 2.45) is 0 Å². The molecule has 0 saturated carbocycles. The van der Waals surface area contributed by atoms with E-state index in [4.69, 9.17) is 0 Å². The Labute approximate surface area is 176 Å². The molecule has 160 valence electrons. The average Bonchev–Trinajstić information content (AvgIpc) is 3.14. The van der Waals surface area contributed by atoms with Crippen LogP contribution in [0.4, 0.5) is 0 Å². The summed E-state index contributed by atoms with van der Waals surface area (Å²) in [4.78, 5) is 4.53. The fraction of sp³-hybridized carbons (Fsp3) is 0.692. The van der Waals surface area contributed by atoms with Gasteiger partial charge in [-0.3, -0.25) is 0 Å². The molecule has 2 rings (SSSR count). The number of hydrogen-bond acceptors (Lipinski definition) is 2. The number of aryl methyl sites for hydroxylation is 1. The first-order valence-electron chi connectivity index (χ1n) is 11.9. The van der Waals surface area contributed by atoms with Crippen LogP contribution in [0.3, 0.4) is 0 Å². The molecule has 1 aromatic rings. The van der Waals surface area contributed by atoms with Crippen LogP contribution in [0.5, 0.6) is 0 Å². The molecule has 1 aliphatic heterocycles. The molecule has 0 aromatic heterocycles. The van der Waals surface area contributed by atoms with Crippen molar-refractivity contribution in [3.63, 3.8) is 0 Å². The van der Waals surface area contributed by atoms with Gasteiger partial charge in [-0.15, -0.1) is 0 Å². The second-order valence-electron chi connectivity index (χ2n) is 8.28. The lowest BCUT2D eigenvalue weighted by atomic mass is 10.0. The molecule has 1 aromatic carbocycles. The Morgan fingerprint density at radius 2 is 1.25 bits per heavy atom. The van der Waals surface area contributed by atoms with Crippen LogP contribution in [0.15, 0.2) is 42.7 Å². The summed E-state index contributed by atoms with van der Waals surface area (Å²) >= 11 is 0. The Hall–Kier alpha value is -1.44. The summed E-state index contributed by atoms with van der Waals surface area (Å²) in [5.74, 6) is 0. The van der Waals surface area contributed by atoms with Crippen LogP contribution in [0.2, 0.25) is 0 Å². The molecule has 0 saturated heterocycles. The van der Waals surface area contributed by atoms with Gasteiger partial charge in [0.2, 0.25) is 0 Å². The summed E-state index contributed by atoms with van der Waals surface area (Å²) in [5, 5.41) is 0. The van der Waals surface area contributed by atoms with Gasteiger partial charge in [0.15, 0.2) is 0 Å². The molecule has 1 heterocycles. The monoisotopic (exact) mass is 386 g/mol. The maximum Gasteiger partial charge on any atom is 0.0890 e. The van der Waals surface area contributed by atoms with Gasteiger partial charge in [0.05, 0.1) is 6.67 Å². The van der Waals surface area contributed by atoms with Gasteiger partial charge in [-0.2, -0.15) is 0 Å². The zero-order valence-electron chi connectivity index (χ0n) is 19.0. The Balaban J connectivity index is 0.000000330. The maximum atomic E-state index is 2.34. The predicted molar refractivity (Wildman–Crippen MR) is 125 cm³/mol. The quantitative estimate of drug-likeness (QED) is 0.303. The van der Waals surface area contributed by atoms with Crippen molar-refractivity contribution in [3.8, 4) is 0 Å². The molecule has 2 heteroatoms. The van der Waals surface area contributed by atoms with Gasteiger partial charge in [0, 0.05) is 26.0 Å². The lowest BCUT2D eigenvalue weighted by Crippen LogP contribution is -2.23. The highest BCUT2D eigenvalue weighted by molar-refractivity contribution is 5.14. The summed E-state index contributed by atoms with van der Waals surface area (Å²) in [6, 6.07) is 10.9. The number of benzene rings is 1. The molecule has 0 fully saturated rings. The second kappa shape index (κ2) is 17.6. The highest BCUT2D eigenvalue weighted by atomic mass is 15.3. The Morgan fingerprint density at radius 1 is 0.679 bits per heavy atom. The zero-order chi connectivity index (χ0) is 20.3. The zero-order valence-corrected chi connectivity index (χ0v) is 19.0. The predicted octanol–water partition coefficient (Wildman–Crippen LogP) is 7.61. The van der Waals surface area contributed by atoms with E-state index in [-0.39, 0.29) is 0 Å². The van der Waals surface area contributed by atoms with Gasteiger partial charge in [-0.25, -0.2) is 0 Å². The Bertz CT molecular complexity index is 469. The fourth-order valence-corrected chi connectivity index (χ4v) is 3.56. The molecule has 2 nitrogen and oxygen atoms in total. The highest BCUT2D eigenvalue weighted by Crippen LogP contribution is 2.12. The van der Waals surface area contributed by atoms with Crippen molar-refractivity contribution in [3.05, 3.63) is 48.3 Å². The molecule has 0 aliphatic carbocycles. The van der Waals surface area contributed by atoms with E-state index in [1.807, 2.05) is 0 Å². The van der Waals surface area contributed by atoms with Crippen molar-refractivity contribution in [1.29, 1.82) is 0 Å². The SMILES string of the molecule is CCCCCCCCCCCCc1ccccc1.CCCCN1C=CN(C)C1. The largest absolute Gasteiger partial charge is 0.362 e. The van der Waals surface area contributed by atoms with E-state index in [0.29, 0.717) is 0 Å². The lowest BCUT2D eigenvalue weighted by molar-refractivity contribution is 0.293. The van der Waals surface area contributed by atoms with E-state index in [1.54, 1.807) is 0 Å². The van der Waals surface area contributed by atoms with E-state index in [9.17, 15) is 0 Å². The molecule has 0 bridgehead atoms. The van der Waals surface area contributed by atoms with Gasteiger partial charge in [-0.1, -0.05) is 108 Å². The average molecular weight is 387 g/mol. The van der Waals surface area contributed by atoms with Crippen molar-refractivity contribution in [1.82, 2.24) is 9.80 Å². The number of unbranched alkanes of at least 4 members (excludes halogenated alkanes) is 10. The number of rotatable bonds is 14. The molecule has 28 heavy (non-hydrogen) atoms. The van der Waals surface area contributed by atoms with E-state index < -0.39 is 0 Å². The minimum atomic E-state index is 1.07. The summed E-state index contributed by atoms with van der Waals surface area (Å²) in [7, 11) is 2.10. The second-order valence-corrected chi connectivity index (χ2v) is 8.28. The molecule has 1 aliphatic rings. The topological polar surface area (TPSA) is 6.48 Å². The van der Waals surface area contributed by atoms with Gasteiger partial charge < -0.3 is 9.80 Å². The smallest absolute Gasteiger partial charge is 0.0890 e. The van der Waals surface area contributed by atoms with Gasteiger partial charge >= 0.3 is 0 Å².